The first-order valence-corrected chi connectivity index (χ1v) is 20.6. The fourth-order valence-corrected chi connectivity index (χ4v) is 6.56. The topological polar surface area (TPSA) is 236 Å². The second-order valence-electron chi connectivity index (χ2n) is 15.7. The maximum absolute atomic E-state index is 14.2. The minimum atomic E-state index is -4.70. The lowest BCUT2D eigenvalue weighted by Gasteiger charge is -2.30. The van der Waals surface area contributed by atoms with Crippen LogP contribution in [0.15, 0.2) is 24.3 Å². The number of benzene rings is 2. The van der Waals surface area contributed by atoms with Gasteiger partial charge in [0.15, 0.2) is 34.9 Å². The van der Waals surface area contributed by atoms with Crippen LogP contribution in [0, 0.1) is 34.9 Å². The molecule has 2 aromatic heterocycles. The summed E-state index contributed by atoms with van der Waals surface area (Å²) < 4.78 is 177. The molecule has 2 aliphatic rings. The summed E-state index contributed by atoms with van der Waals surface area (Å²) in [6.45, 7) is 3.93. The third-order valence-electron chi connectivity index (χ3n) is 9.49. The number of alkyl halides is 6. The number of carbonyl (C=O) groups is 3. The van der Waals surface area contributed by atoms with Gasteiger partial charge in [-0.1, -0.05) is 0 Å². The van der Waals surface area contributed by atoms with Gasteiger partial charge in [0.2, 0.25) is 23.5 Å². The molecule has 0 saturated carbocycles. The number of hydrogen-bond acceptors (Lipinski definition) is 13. The summed E-state index contributed by atoms with van der Waals surface area (Å²) in [6, 6.07) is 0.0687. The molecule has 18 nitrogen and oxygen atoms in total. The van der Waals surface area contributed by atoms with Crippen LogP contribution in [0.4, 0.5) is 57.5 Å². The second kappa shape index (κ2) is 22.4. The quantitative estimate of drug-likeness (QED) is 0.0599. The summed E-state index contributed by atoms with van der Waals surface area (Å²) in [6.07, 6.45) is -11.5. The van der Waals surface area contributed by atoms with Gasteiger partial charge in [-0.05, 0) is 61.4 Å². The van der Waals surface area contributed by atoms with Crippen molar-refractivity contribution in [1.82, 2.24) is 44.6 Å². The van der Waals surface area contributed by atoms with E-state index in [9.17, 15) is 67.1 Å². The molecule has 2 aliphatic heterocycles. The van der Waals surface area contributed by atoms with Gasteiger partial charge in [0, 0.05) is 69.3 Å². The number of nitrogens with zero attached hydrogens (tertiary/aromatic N) is 8. The molecule has 4 aromatic rings. The van der Waals surface area contributed by atoms with Crippen LogP contribution < -0.4 is 15.9 Å². The number of nitrogens with two attached hydrogens (primary N) is 1. The zero-order valence-corrected chi connectivity index (χ0v) is 36.4. The molecular formula is C37H41F12N10O8P. The Labute approximate surface area is 378 Å². The summed E-state index contributed by atoms with van der Waals surface area (Å²) >= 11 is 0. The number of rotatable bonds is 10. The Morgan fingerprint density at radius 1 is 0.721 bits per heavy atom. The molecule has 0 bridgehead atoms. The highest BCUT2D eigenvalue weighted by Gasteiger charge is 2.41. The molecule has 1 unspecified atom stereocenters. The molecule has 6 rings (SSSR count). The Morgan fingerprint density at radius 3 is 1.51 bits per heavy atom. The summed E-state index contributed by atoms with van der Waals surface area (Å²) in [5, 5.41) is 22.7. The van der Waals surface area contributed by atoms with Gasteiger partial charge in [0.05, 0.1) is 13.1 Å². The fourth-order valence-electron chi connectivity index (χ4n) is 6.56. The maximum atomic E-state index is 14.2. The molecule has 68 heavy (non-hydrogen) atoms. The minimum Gasteiger partial charge on any atom is -0.565 e. The van der Waals surface area contributed by atoms with Crippen LogP contribution in [0.1, 0.15) is 69.5 Å². The Kier molecular flexibility index (Phi) is 18.0. The van der Waals surface area contributed by atoms with Crippen molar-refractivity contribution in [3.63, 3.8) is 0 Å². The molecule has 376 valence electrons. The average molecular weight is 1010 g/mol. The van der Waals surface area contributed by atoms with E-state index in [2.05, 4.69) is 30.4 Å². The Hall–Kier alpha value is -5.97. The highest BCUT2D eigenvalue weighted by molar-refractivity contribution is 7.30. The molecule has 0 saturated heterocycles. The lowest BCUT2D eigenvalue weighted by atomic mass is 10.0. The van der Waals surface area contributed by atoms with Crippen molar-refractivity contribution in [3.05, 3.63) is 93.6 Å². The predicted molar refractivity (Wildman–Crippen MR) is 205 cm³/mol. The van der Waals surface area contributed by atoms with Crippen LogP contribution in [-0.2, 0) is 74.9 Å². The van der Waals surface area contributed by atoms with Crippen LogP contribution in [0.3, 0.4) is 0 Å². The zero-order chi connectivity index (χ0) is 51.1. The number of halogens is 12. The van der Waals surface area contributed by atoms with Gasteiger partial charge in [-0.25, -0.2) is 36.4 Å². The van der Waals surface area contributed by atoms with Gasteiger partial charge in [-0.3, -0.25) is 9.59 Å². The molecular weight excluding hydrogens is 971 g/mol. The third kappa shape index (κ3) is 15.3. The number of fused-ring (bicyclic) bond motifs is 2. The van der Waals surface area contributed by atoms with Crippen LogP contribution in [-0.4, -0.2) is 93.3 Å². The van der Waals surface area contributed by atoms with Crippen LogP contribution >= 0.6 is 8.25 Å². The van der Waals surface area contributed by atoms with Gasteiger partial charge in [-0.2, -0.15) is 26.3 Å². The molecule has 3 atom stereocenters. The van der Waals surface area contributed by atoms with Crippen LogP contribution in [0.5, 0.6) is 0 Å². The van der Waals surface area contributed by atoms with Gasteiger partial charge >= 0.3 is 26.7 Å². The molecule has 3 amide bonds. The molecule has 4 N–H and O–H groups in total. The van der Waals surface area contributed by atoms with Crippen molar-refractivity contribution in [2.45, 2.75) is 103 Å². The normalized spacial score (nSPS) is 14.9. The lowest BCUT2D eigenvalue weighted by Crippen LogP contribution is -2.45. The van der Waals surface area contributed by atoms with Gasteiger partial charge in [-0.15, -0.1) is 20.4 Å². The highest BCUT2D eigenvalue weighted by Crippen LogP contribution is 2.31. The van der Waals surface area contributed by atoms with E-state index in [1.54, 1.807) is 20.8 Å². The second-order valence-corrected chi connectivity index (χ2v) is 16.4. The smallest absolute Gasteiger partial charge is 0.521 e. The predicted octanol–water partition coefficient (Wildman–Crippen LogP) is 5.34. The first kappa shape index (κ1) is 54.6. The SMILES string of the molecule is CC(C)(C)OC(=O)N[C@@H](CC(=O)N1CCn2c(nnc2C(F)(F)F)C1)Cc1cc(F)c(F)cc1F.N[C@@H](CC(=O)N1CCn2c(nnc2C(F)(F)F)C1)Cc1cc(F)c(F)cc1F.O=[P+]([O-])OO.[HH]. The van der Waals surface area contributed by atoms with E-state index in [0.29, 0.717) is 24.3 Å². The van der Waals surface area contributed by atoms with Crippen LogP contribution in [0.25, 0.3) is 0 Å². The average Bonchev–Trinajstić information content (AvgIpc) is 3.86. The number of amides is 3. The number of nitrogens with one attached hydrogen (secondary N) is 1. The van der Waals surface area contributed by atoms with Crippen molar-refractivity contribution in [2.24, 2.45) is 5.73 Å². The Bertz CT molecular complexity index is 2470. The standard InChI is InChI=1S/C21H23F6N5O3.C16H15F6N5O.HO4P.H2/c1-20(2,3)35-19(34)28-12(6-11-7-14(23)15(24)9-13(11)22)8-17(33)31-4-5-32-16(10-31)29-30-18(32)21(25,26)27;17-10-6-12(19)11(18)4-8(10)3-9(23)5-14(28)26-1-2-27-13(7-26)24-25-15(27)16(20,21)22;1-4-5(2)3;/h7,9,12H,4-6,8,10H2,1-3H3,(H,28,34);4,6,9H,1-3,5,7,23H2;1H;1H/t12-;9-;;/m11../s1. The molecule has 31 heteroatoms. The summed E-state index contributed by atoms with van der Waals surface area (Å²) in [7, 11) is -3.04. The maximum Gasteiger partial charge on any atom is 0.521 e. The summed E-state index contributed by atoms with van der Waals surface area (Å²) in [4.78, 5) is 49.0. The third-order valence-corrected chi connectivity index (χ3v) is 9.62. The number of alkyl carbamates (subject to hydrolysis) is 1. The van der Waals surface area contributed by atoms with Gasteiger partial charge in [0.25, 0.3) is 0 Å². The van der Waals surface area contributed by atoms with E-state index in [1.807, 2.05) is 0 Å². The summed E-state index contributed by atoms with van der Waals surface area (Å²) in [5.41, 5.74) is 4.46. The zero-order valence-electron chi connectivity index (χ0n) is 35.5. The van der Waals surface area contributed by atoms with Gasteiger partial charge in [0.1, 0.15) is 17.2 Å². The van der Waals surface area contributed by atoms with E-state index in [1.165, 1.54) is 9.80 Å². The van der Waals surface area contributed by atoms with E-state index < -0.39 is 109 Å². The molecule has 4 heterocycles. The molecule has 0 radical (unpaired) electrons. The lowest BCUT2D eigenvalue weighted by molar-refractivity contribution is -0.244. The monoisotopic (exact) mass is 1010 g/mol. The number of hydrogen-bond donors (Lipinski definition) is 3. The Balaban J connectivity index is 0.000000334. The van der Waals surface area contributed by atoms with Gasteiger partial charge < -0.3 is 39.6 Å². The first-order chi connectivity index (χ1) is 31.5. The highest BCUT2D eigenvalue weighted by atomic mass is 31.1. The van der Waals surface area contributed by atoms with Crippen molar-refractivity contribution in [2.75, 3.05) is 13.1 Å². The van der Waals surface area contributed by atoms with Crippen molar-refractivity contribution in [1.29, 1.82) is 0 Å². The van der Waals surface area contributed by atoms with Crippen molar-refractivity contribution >= 4 is 26.2 Å². The van der Waals surface area contributed by atoms with E-state index in [0.717, 1.165) is 9.13 Å². The van der Waals surface area contributed by atoms with Crippen molar-refractivity contribution in [3.8, 4) is 0 Å². The van der Waals surface area contributed by atoms with E-state index in [4.69, 9.17) is 25.2 Å². The van der Waals surface area contributed by atoms with E-state index >= 15 is 0 Å². The first-order valence-electron chi connectivity index (χ1n) is 19.5. The summed E-state index contributed by atoms with van der Waals surface area (Å²) in [5.74, 6) is -10.7. The van der Waals surface area contributed by atoms with Crippen LogP contribution in [0.2, 0.25) is 0 Å². The number of ether oxygens (including phenoxy) is 1. The van der Waals surface area contributed by atoms with Crippen molar-refractivity contribution < 1.29 is 92.6 Å². The number of aromatic nitrogens is 6. The molecule has 0 spiro atoms. The molecule has 0 aliphatic carbocycles. The van der Waals surface area contributed by atoms with E-state index in [-0.39, 0.29) is 82.7 Å². The molecule has 2 aromatic carbocycles. The Morgan fingerprint density at radius 2 is 1.12 bits per heavy atom. The largest absolute Gasteiger partial charge is 0.565 e. The fraction of sp³-hybridized carbons (Fsp3) is 0.486. The number of carbonyl (C=O) groups excluding carboxylic acids is 3. The minimum absolute atomic E-state index is 0. The molecule has 0 fully saturated rings.